The minimum atomic E-state index is -0.647. The maximum absolute atomic E-state index is 9.29. The van der Waals surface area contributed by atoms with E-state index in [0.717, 1.165) is 0 Å². The van der Waals surface area contributed by atoms with Gasteiger partial charge in [0.25, 0.3) is 0 Å². The molecule has 2 N–H and O–H groups in total. The summed E-state index contributed by atoms with van der Waals surface area (Å²) in [5, 5.41) is 18.6. The van der Waals surface area contributed by atoms with E-state index in [9.17, 15) is 10.2 Å². The van der Waals surface area contributed by atoms with Crippen LogP contribution in [0.2, 0.25) is 0 Å². The van der Waals surface area contributed by atoms with Gasteiger partial charge in [-0.1, -0.05) is 12.2 Å². The molecule has 4 heteroatoms. The number of fused-ring (bicyclic) bond motifs is 1. The Bertz CT molecular complexity index is 161. The third kappa shape index (κ3) is 1.08. The average molecular weight is 158 g/mol. The molecular weight excluding hydrogens is 148 g/mol. The zero-order valence-electron chi connectivity index (χ0n) is 5.88. The first kappa shape index (κ1) is 7.24. The zero-order valence-corrected chi connectivity index (χ0v) is 5.88. The summed E-state index contributed by atoms with van der Waals surface area (Å²) in [5.41, 5.74) is 0. The number of hydrogen-bond acceptors (Lipinski definition) is 4. The van der Waals surface area contributed by atoms with Gasteiger partial charge in [-0.2, -0.15) is 0 Å². The van der Waals surface area contributed by atoms with Gasteiger partial charge in [0.05, 0.1) is 0 Å². The molecule has 0 aromatic heterocycles. The predicted octanol–water partition coefficient (Wildman–Crippen LogP) is -0.981. The van der Waals surface area contributed by atoms with E-state index in [1.165, 1.54) is 12.2 Å². The Morgan fingerprint density at radius 3 is 1.91 bits per heavy atom. The first-order chi connectivity index (χ1) is 5.29. The zero-order chi connectivity index (χ0) is 7.84. The SMILES string of the molecule is O[C@@H]1C=C[C@H](O)[C@@H]2OCO[C@@H]21. The lowest BCUT2D eigenvalue weighted by Gasteiger charge is -2.26. The molecule has 0 radical (unpaired) electrons. The van der Waals surface area contributed by atoms with Crippen molar-refractivity contribution in [3.63, 3.8) is 0 Å². The smallest absolute Gasteiger partial charge is 0.148 e. The van der Waals surface area contributed by atoms with Crippen molar-refractivity contribution in [2.75, 3.05) is 6.79 Å². The highest BCUT2D eigenvalue weighted by Crippen LogP contribution is 2.24. The fourth-order valence-electron chi connectivity index (χ4n) is 1.42. The summed E-state index contributed by atoms with van der Waals surface area (Å²) < 4.78 is 10.1. The van der Waals surface area contributed by atoms with Gasteiger partial charge >= 0.3 is 0 Å². The first-order valence-electron chi connectivity index (χ1n) is 3.57. The van der Waals surface area contributed by atoms with E-state index in [-0.39, 0.29) is 6.79 Å². The lowest BCUT2D eigenvalue weighted by Crippen LogP contribution is -2.44. The van der Waals surface area contributed by atoms with Crippen LogP contribution in [-0.2, 0) is 9.47 Å². The topological polar surface area (TPSA) is 58.9 Å². The van der Waals surface area contributed by atoms with Crippen molar-refractivity contribution in [1.82, 2.24) is 0 Å². The molecule has 1 heterocycles. The van der Waals surface area contributed by atoms with Gasteiger partial charge in [-0.15, -0.1) is 0 Å². The van der Waals surface area contributed by atoms with Gasteiger partial charge in [0.15, 0.2) is 0 Å². The highest BCUT2D eigenvalue weighted by Gasteiger charge is 2.40. The van der Waals surface area contributed by atoms with Crippen molar-refractivity contribution < 1.29 is 19.7 Å². The summed E-state index contributed by atoms with van der Waals surface area (Å²) in [7, 11) is 0. The van der Waals surface area contributed by atoms with Crippen LogP contribution in [0.5, 0.6) is 0 Å². The molecule has 4 atom stereocenters. The van der Waals surface area contributed by atoms with Crippen LogP contribution in [0.4, 0.5) is 0 Å². The quantitative estimate of drug-likeness (QED) is 0.445. The molecule has 1 fully saturated rings. The van der Waals surface area contributed by atoms with Crippen molar-refractivity contribution in [2.24, 2.45) is 0 Å². The monoisotopic (exact) mass is 158 g/mol. The minimum absolute atomic E-state index is 0.158. The van der Waals surface area contributed by atoms with E-state index in [2.05, 4.69) is 0 Å². The van der Waals surface area contributed by atoms with Gasteiger partial charge < -0.3 is 19.7 Å². The molecule has 0 aromatic carbocycles. The number of ether oxygens (including phenoxy) is 2. The number of rotatable bonds is 0. The fraction of sp³-hybridized carbons (Fsp3) is 0.714. The summed E-state index contributed by atoms with van der Waals surface area (Å²) in [6.07, 6.45) is 0.975. The van der Waals surface area contributed by atoms with Crippen molar-refractivity contribution in [1.29, 1.82) is 0 Å². The van der Waals surface area contributed by atoms with Crippen LogP contribution >= 0.6 is 0 Å². The lowest BCUT2D eigenvalue weighted by atomic mass is 9.97. The Balaban J connectivity index is 2.18. The number of aliphatic hydroxyl groups excluding tert-OH is 2. The van der Waals surface area contributed by atoms with Crippen molar-refractivity contribution >= 4 is 0 Å². The molecule has 11 heavy (non-hydrogen) atoms. The summed E-state index contributed by atoms with van der Waals surface area (Å²) in [6, 6.07) is 0. The summed E-state index contributed by atoms with van der Waals surface area (Å²) in [4.78, 5) is 0. The van der Waals surface area contributed by atoms with Gasteiger partial charge in [0.2, 0.25) is 0 Å². The Kier molecular flexibility index (Phi) is 1.69. The van der Waals surface area contributed by atoms with E-state index in [4.69, 9.17) is 9.47 Å². The van der Waals surface area contributed by atoms with E-state index in [0.29, 0.717) is 0 Å². The van der Waals surface area contributed by atoms with Crippen LogP contribution in [0.3, 0.4) is 0 Å². The molecule has 0 saturated carbocycles. The first-order valence-corrected chi connectivity index (χ1v) is 3.57. The maximum atomic E-state index is 9.29. The van der Waals surface area contributed by atoms with E-state index < -0.39 is 24.4 Å². The fourth-order valence-corrected chi connectivity index (χ4v) is 1.42. The largest absolute Gasteiger partial charge is 0.386 e. The standard InChI is InChI=1S/C7H10O4/c8-4-1-2-5(9)7-6(4)10-3-11-7/h1-2,4-9H,3H2/t4-,5+,6-,7+. The Morgan fingerprint density at radius 1 is 1.00 bits per heavy atom. The molecule has 0 unspecified atom stereocenters. The van der Waals surface area contributed by atoms with E-state index in [1.807, 2.05) is 0 Å². The third-order valence-electron chi connectivity index (χ3n) is 2.02. The van der Waals surface area contributed by atoms with E-state index >= 15 is 0 Å². The Labute approximate surface area is 64.0 Å². The molecule has 2 rings (SSSR count). The molecule has 1 aliphatic heterocycles. The normalized spacial score (nSPS) is 49.3. The highest BCUT2D eigenvalue weighted by atomic mass is 16.7. The molecule has 0 bridgehead atoms. The summed E-state index contributed by atoms with van der Waals surface area (Å²) in [6.45, 7) is 0.158. The second-order valence-corrected chi connectivity index (χ2v) is 2.75. The maximum Gasteiger partial charge on any atom is 0.148 e. The van der Waals surface area contributed by atoms with Crippen molar-refractivity contribution in [2.45, 2.75) is 24.4 Å². The minimum Gasteiger partial charge on any atom is -0.386 e. The van der Waals surface area contributed by atoms with Gasteiger partial charge in [-0.3, -0.25) is 0 Å². The predicted molar refractivity (Wildman–Crippen MR) is 35.8 cm³/mol. The van der Waals surface area contributed by atoms with Gasteiger partial charge in [-0.05, 0) is 0 Å². The molecule has 0 spiro atoms. The van der Waals surface area contributed by atoms with Crippen LogP contribution in [0.25, 0.3) is 0 Å². The van der Waals surface area contributed by atoms with Crippen LogP contribution in [0, 0.1) is 0 Å². The third-order valence-corrected chi connectivity index (χ3v) is 2.02. The molecule has 4 nitrogen and oxygen atoms in total. The van der Waals surface area contributed by atoms with Crippen molar-refractivity contribution in [3.05, 3.63) is 12.2 Å². The molecule has 2 aliphatic rings. The number of aliphatic hydroxyl groups is 2. The molecular formula is C7H10O4. The van der Waals surface area contributed by atoms with Gasteiger partial charge in [0, 0.05) is 0 Å². The number of hydrogen-bond donors (Lipinski definition) is 2. The van der Waals surface area contributed by atoms with Crippen LogP contribution in [-0.4, -0.2) is 41.4 Å². The van der Waals surface area contributed by atoms with E-state index in [1.54, 1.807) is 0 Å². The Morgan fingerprint density at radius 2 is 1.45 bits per heavy atom. The lowest BCUT2D eigenvalue weighted by molar-refractivity contribution is -0.0133. The molecule has 0 amide bonds. The Hall–Kier alpha value is -0.420. The molecule has 1 aliphatic carbocycles. The van der Waals surface area contributed by atoms with Crippen LogP contribution in [0.15, 0.2) is 12.2 Å². The van der Waals surface area contributed by atoms with Crippen LogP contribution < -0.4 is 0 Å². The average Bonchev–Trinajstić information content (AvgIpc) is 2.45. The highest BCUT2D eigenvalue weighted by molar-refractivity contribution is 5.09. The molecule has 1 saturated heterocycles. The molecule has 0 aromatic rings. The van der Waals surface area contributed by atoms with Gasteiger partial charge in [0.1, 0.15) is 31.2 Å². The summed E-state index contributed by atoms with van der Waals surface area (Å²) >= 11 is 0. The second kappa shape index (κ2) is 2.57. The van der Waals surface area contributed by atoms with Crippen molar-refractivity contribution in [3.8, 4) is 0 Å². The molecule has 62 valence electrons. The van der Waals surface area contributed by atoms with Crippen LogP contribution in [0.1, 0.15) is 0 Å². The van der Waals surface area contributed by atoms with Gasteiger partial charge in [-0.25, -0.2) is 0 Å². The second-order valence-electron chi connectivity index (χ2n) is 2.75. The summed E-state index contributed by atoms with van der Waals surface area (Å²) in [5.74, 6) is 0.